The lowest BCUT2D eigenvalue weighted by Crippen LogP contribution is -2.44. The molecule has 0 saturated carbocycles. The van der Waals surface area contributed by atoms with Gasteiger partial charge in [-0.25, -0.2) is 0 Å². The average molecular weight is 419 g/mol. The Bertz CT molecular complexity index is 848. The molecule has 1 aromatic carbocycles. The van der Waals surface area contributed by atoms with E-state index in [1.165, 1.54) is 6.26 Å². The van der Waals surface area contributed by atoms with Crippen LogP contribution in [0.4, 0.5) is 5.69 Å². The molecule has 2 aromatic rings. The van der Waals surface area contributed by atoms with Gasteiger partial charge in [0.1, 0.15) is 0 Å². The first-order valence-corrected chi connectivity index (χ1v) is 9.88. The molecule has 0 unspecified atom stereocenters. The van der Waals surface area contributed by atoms with Crippen LogP contribution in [0.1, 0.15) is 28.1 Å². The number of carbonyl (C=O) groups excluding carboxylic acids is 2. The molecule has 4 rings (SSSR count). The number of rotatable bonds is 7. The normalized spacial score (nSPS) is 16.4. The molecule has 0 spiro atoms. The minimum atomic E-state index is -0.222. The second-order valence-electron chi connectivity index (χ2n) is 7.26. The summed E-state index contributed by atoms with van der Waals surface area (Å²) in [6.07, 6.45) is 2.82. The third-order valence-electron chi connectivity index (χ3n) is 5.35. The molecule has 2 N–H and O–H groups in total. The van der Waals surface area contributed by atoms with Crippen molar-refractivity contribution >= 4 is 29.9 Å². The maximum Gasteiger partial charge on any atom is 0.287 e. The topological polar surface area (TPSA) is 77.8 Å². The molecular weight excluding hydrogens is 392 g/mol. The SMILES string of the molecule is Cl.O=C(NCCCN1CCNCC1)c1occc1CN1C(=O)Cc2ccccc21. The van der Waals surface area contributed by atoms with Crippen LogP contribution in [0.15, 0.2) is 41.0 Å². The van der Waals surface area contributed by atoms with E-state index in [2.05, 4.69) is 15.5 Å². The minimum Gasteiger partial charge on any atom is -0.459 e. The molecule has 2 aliphatic rings. The van der Waals surface area contributed by atoms with Crippen LogP contribution in [0.3, 0.4) is 0 Å². The summed E-state index contributed by atoms with van der Waals surface area (Å²) >= 11 is 0. The number of para-hydroxylation sites is 1. The van der Waals surface area contributed by atoms with E-state index in [0.717, 1.165) is 56.0 Å². The Labute approximate surface area is 176 Å². The second kappa shape index (κ2) is 9.91. The molecular formula is C21H27ClN4O3. The average Bonchev–Trinajstić information content (AvgIpc) is 3.31. The van der Waals surface area contributed by atoms with Gasteiger partial charge in [0.2, 0.25) is 5.91 Å². The van der Waals surface area contributed by atoms with Crippen molar-refractivity contribution in [3.05, 3.63) is 53.5 Å². The summed E-state index contributed by atoms with van der Waals surface area (Å²) in [5.41, 5.74) is 2.66. The lowest BCUT2D eigenvalue weighted by Gasteiger charge is -2.27. The van der Waals surface area contributed by atoms with E-state index in [0.29, 0.717) is 25.3 Å². The van der Waals surface area contributed by atoms with Gasteiger partial charge in [-0.05, 0) is 30.7 Å². The highest BCUT2D eigenvalue weighted by molar-refractivity contribution is 6.01. The Morgan fingerprint density at radius 2 is 1.97 bits per heavy atom. The van der Waals surface area contributed by atoms with E-state index in [1.54, 1.807) is 11.0 Å². The minimum absolute atomic E-state index is 0. The van der Waals surface area contributed by atoms with Crippen molar-refractivity contribution in [2.45, 2.75) is 19.4 Å². The molecule has 0 radical (unpaired) electrons. The van der Waals surface area contributed by atoms with Crippen LogP contribution in [-0.2, 0) is 17.8 Å². The predicted octanol–water partition coefficient (Wildman–Crippen LogP) is 1.82. The van der Waals surface area contributed by atoms with E-state index in [1.807, 2.05) is 24.3 Å². The highest BCUT2D eigenvalue weighted by Gasteiger charge is 2.28. The van der Waals surface area contributed by atoms with Crippen LogP contribution < -0.4 is 15.5 Å². The number of benzene rings is 1. The van der Waals surface area contributed by atoms with Gasteiger partial charge in [-0.2, -0.15) is 0 Å². The molecule has 2 aliphatic heterocycles. The number of hydrogen-bond acceptors (Lipinski definition) is 5. The zero-order valence-corrected chi connectivity index (χ0v) is 17.2. The third kappa shape index (κ3) is 4.98. The number of nitrogens with zero attached hydrogens (tertiary/aromatic N) is 2. The zero-order valence-electron chi connectivity index (χ0n) is 16.4. The van der Waals surface area contributed by atoms with Gasteiger partial charge in [0, 0.05) is 44.0 Å². The molecule has 29 heavy (non-hydrogen) atoms. The fourth-order valence-electron chi connectivity index (χ4n) is 3.84. The smallest absolute Gasteiger partial charge is 0.287 e. The zero-order chi connectivity index (χ0) is 19.3. The van der Waals surface area contributed by atoms with E-state index in [-0.39, 0.29) is 24.2 Å². The quantitative estimate of drug-likeness (QED) is 0.670. The number of amides is 2. The summed E-state index contributed by atoms with van der Waals surface area (Å²) in [5, 5.41) is 6.28. The van der Waals surface area contributed by atoms with Gasteiger partial charge in [-0.3, -0.25) is 9.59 Å². The number of carbonyl (C=O) groups is 2. The summed E-state index contributed by atoms with van der Waals surface area (Å²) in [4.78, 5) is 29.1. The fraction of sp³-hybridized carbons (Fsp3) is 0.429. The summed E-state index contributed by atoms with van der Waals surface area (Å²) in [6.45, 7) is 6.10. The largest absolute Gasteiger partial charge is 0.459 e. The van der Waals surface area contributed by atoms with Gasteiger partial charge >= 0.3 is 0 Å². The van der Waals surface area contributed by atoms with Crippen LogP contribution in [0.25, 0.3) is 0 Å². The van der Waals surface area contributed by atoms with E-state index in [4.69, 9.17) is 4.42 Å². The van der Waals surface area contributed by atoms with Crippen molar-refractivity contribution in [3.8, 4) is 0 Å². The van der Waals surface area contributed by atoms with Gasteiger partial charge in [0.25, 0.3) is 5.91 Å². The Hall–Kier alpha value is -2.35. The lowest BCUT2D eigenvalue weighted by molar-refractivity contribution is -0.117. The number of halogens is 1. The first kappa shape index (κ1) is 21.4. The molecule has 8 heteroatoms. The van der Waals surface area contributed by atoms with Crippen LogP contribution in [-0.4, -0.2) is 56.0 Å². The van der Waals surface area contributed by atoms with Crippen LogP contribution in [0.2, 0.25) is 0 Å². The van der Waals surface area contributed by atoms with Crippen LogP contribution >= 0.6 is 12.4 Å². The molecule has 0 bridgehead atoms. The molecule has 156 valence electrons. The number of anilines is 1. The highest BCUT2D eigenvalue weighted by Crippen LogP contribution is 2.30. The van der Waals surface area contributed by atoms with Gasteiger partial charge in [-0.15, -0.1) is 12.4 Å². The summed E-state index contributed by atoms with van der Waals surface area (Å²) in [5.74, 6) is 0.115. The van der Waals surface area contributed by atoms with Gasteiger partial charge in [0.05, 0.1) is 19.2 Å². The molecule has 2 amide bonds. The monoisotopic (exact) mass is 418 g/mol. The molecule has 0 atom stereocenters. The Morgan fingerprint density at radius 1 is 1.17 bits per heavy atom. The van der Waals surface area contributed by atoms with Crippen molar-refractivity contribution in [2.75, 3.05) is 44.2 Å². The van der Waals surface area contributed by atoms with Crippen molar-refractivity contribution in [3.63, 3.8) is 0 Å². The molecule has 7 nitrogen and oxygen atoms in total. The lowest BCUT2D eigenvalue weighted by atomic mass is 10.1. The third-order valence-corrected chi connectivity index (χ3v) is 5.35. The Morgan fingerprint density at radius 3 is 2.79 bits per heavy atom. The van der Waals surface area contributed by atoms with Crippen LogP contribution in [0, 0.1) is 0 Å². The van der Waals surface area contributed by atoms with Gasteiger partial charge in [0.15, 0.2) is 5.76 Å². The molecule has 1 saturated heterocycles. The molecule has 3 heterocycles. The number of nitrogens with one attached hydrogen (secondary N) is 2. The first-order valence-electron chi connectivity index (χ1n) is 9.88. The number of fused-ring (bicyclic) bond motifs is 1. The molecule has 1 fully saturated rings. The van der Waals surface area contributed by atoms with E-state index < -0.39 is 0 Å². The summed E-state index contributed by atoms with van der Waals surface area (Å²) in [6, 6.07) is 9.53. The van der Waals surface area contributed by atoms with Gasteiger partial charge < -0.3 is 24.9 Å². The summed E-state index contributed by atoms with van der Waals surface area (Å²) < 4.78 is 5.44. The Kier molecular flexibility index (Phi) is 7.30. The van der Waals surface area contributed by atoms with Crippen molar-refractivity contribution < 1.29 is 14.0 Å². The number of hydrogen-bond donors (Lipinski definition) is 2. The standard InChI is InChI=1S/C21H26N4O3.ClH/c26-19-14-16-4-1-2-5-18(16)25(19)15-17-6-13-28-20(17)21(27)23-7-3-10-24-11-8-22-9-12-24;/h1-2,4-6,13,22H,3,7-12,14-15H2,(H,23,27);1H. The number of furan rings is 1. The summed E-state index contributed by atoms with van der Waals surface area (Å²) in [7, 11) is 0. The number of piperazine rings is 1. The first-order chi connectivity index (χ1) is 13.7. The maximum absolute atomic E-state index is 12.5. The maximum atomic E-state index is 12.5. The van der Waals surface area contributed by atoms with Crippen molar-refractivity contribution in [2.24, 2.45) is 0 Å². The van der Waals surface area contributed by atoms with Gasteiger partial charge in [-0.1, -0.05) is 18.2 Å². The fourth-order valence-corrected chi connectivity index (χ4v) is 3.84. The van der Waals surface area contributed by atoms with Crippen molar-refractivity contribution in [1.29, 1.82) is 0 Å². The van der Waals surface area contributed by atoms with E-state index in [9.17, 15) is 9.59 Å². The second-order valence-corrected chi connectivity index (χ2v) is 7.26. The van der Waals surface area contributed by atoms with Crippen LogP contribution in [0.5, 0.6) is 0 Å². The Balaban J connectivity index is 0.00000240. The molecule has 1 aromatic heterocycles. The highest BCUT2D eigenvalue weighted by atomic mass is 35.5. The molecule has 0 aliphatic carbocycles. The van der Waals surface area contributed by atoms with Crippen molar-refractivity contribution in [1.82, 2.24) is 15.5 Å². The van der Waals surface area contributed by atoms with E-state index >= 15 is 0 Å². The predicted molar refractivity (Wildman–Crippen MR) is 114 cm³/mol.